The molecule has 0 fully saturated rings. The zero-order chi connectivity index (χ0) is 17.6. The minimum atomic E-state index is -0.716. The van der Waals surface area contributed by atoms with Crippen LogP contribution in [0.2, 0.25) is 0 Å². The van der Waals surface area contributed by atoms with Crippen LogP contribution in [0.1, 0.15) is 5.56 Å². The Morgan fingerprint density at radius 1 is 1.04 bits per heavy atom. The summed E-state index contributed by atoms with van der Waals surface area (Å²) in [7, 11) is 1.60. The first-order valence-corrected chi connectivity index (χ1v) is 7.43. The van der Waals surface area contributed by atoms with Crippen molar-refractivity contribution >= 4 is 17.5 Å². The number of methoxy groups -OCH3 is 1. The van der Waals surface area contributed by atoms with E-state index in [1.807, 2.05) is 24.3 Å². The van der Waals surface area contributed by atoms with E-state index in [9.17, 15) is 8.78 Å². The number of halogens is 2. The third kappa shape index (κ3) is 4.17. The number of ether oxygens (including phenoxy) is 1. The van der Waals surface area contributed by atoms with Crippen molar-refractivity contribution in [2.75, 3.05) is 17.7 Å². The Labute approximate surface area is 142 Å². The van der Waals surface area contributed by atoms with Gasteiger partial charge in [0, 0.05) is 6.54 Å². The number of rotatable bonds is 6. The number of nitrogens with zero attached hydrogens (tertiary/aromatic N) is 3. The van der Waals surface area contributed by atoms with E-state index in [0.29, 0.717) is 6.54 Å². The molecule has 0 bridgehead atoms. The maximum atomic E-state index is 13.7. The zero-order valence-electron chi connectivity index (χ0n) is 13.3. The van der Waals surface area contributed by atoms with Crippen LogP contribution in [0.4, 0.5) is 26.2 Å². The van der Waals surface area contributed by atoms with E-state index in [4.69, 9.17) is 4.74 Å². The molecule has 6 nitrogen and oxygen atoms in total. The monoisotopic (exact) mass is 343 g/mol. The van der Waals surface area contributed by atoms with Crippen LogP contribution in [-0.2, 0) is 6.54 Å². The van der Waals surface area contributed by atoms with Crippen molar-refractivity contribution in [3.05, 3.63) is 65.9 Å². The lowest BCUT2D eigenvalue weighted by atomic mass is 10.2. The van der Waals surface area contributed by atoms with Crippen LogP contribution in [0.5, 0.6) is 5.75 Å². The van der Waals surface area contributed by atoms with Crippen molar-refractivity contribution < 1.29 is 13.5 Å². The molecule has 0 aliphatic carbocycles. The molecule has 128 valence electrons. The average Bonchev–Trinajstić information content (AvgIpc) is 2.64. The van der Waals surface area contributed by atoms with Crippen molar-refractivity contribution in [3.8, 4) is 5.75 Å². The maximum Gasteiger partial charge on any atom is 0.244 e. The van der Waals surface area contributed by atoms with Gasteiger partial charge in [-0.3, -0.25) is 0 Å². The molecular weight excluding hydrogens is 328 g/mol. The van der Waals surface area contributed by atoms with Crippen molar-refractivity contribution in [1.29, 1.82) is 0 Å². The van der Waals surface area contributed by atoms with Gasteiger partial charge in [-0.25, -0.2) is 8.78 Å². The molecule has 0 aliphatic rings. The van der Waals surface area contributed by atoms with Gasteiger partial charge in [-0.1, -0.05) is 18.2 Å². The molecule has 0 spiro atoms. The van der Waals surface area contributed by atoms with Crippen LogP contribution >= 0.6 is 0 Å². The predicted molar refractivity (Wildman–Crippen MR) is 89.8 cm³/mol. The molecule has 8 heteroatoms. The van der Waals surface area contributed by atoms with E-state index >= 15 is 0 Å². The van der Waals surface area contributed by atoms with Crippen molar-refractivity contribution in [2.45, 2.75) is 6.54 Å². The number of para-hydroxylation sites is 1. The average molecular weight is 343 g/mol. The number of benzene rings is 2. The number of aromatic nitrogens is 3. The molecule has 2 aromatic carbocycles. The first-order valence-electron chi connectivity index (χ1n) is 7.43. The molecule has 0 radical (unpaired) electrons. The lowest BCUT2D eigenvalue weighted by molar-refractivity contribution is 0.414. The molecule has 2 N–H and O–H groups in total. The molecule has 0 saturated carbocycles. The first-order chi connectivity index (χ1) is 12.2. The van der Waals surface area contributed by atoms with Gasteiger partial charge in [-0.05, 0) is 29.8 Å². The summed E-state index contributed by atoms with van der Waals surface area (Å²) in [6, 6.07) is 11.1. The lowest BCUT2D eigenvalue weighted by Crippen LogP contribution is -2.07. The molecule has 3 rings (SSSR count). The highest BCUT2D eigenvalue weighted by Crippen LogP contribution is 2.22. The van der Waals surface area contributed by atoms with Gasteiger partial charge >= 0.3 is 0 Å². The van der Waals surface area contributed by atoms with E-state index < -0.39 is 11.6 Å². The van der Waals surface area contributed by atoms with Crippen molar-refractivity contribution in [1.82, 2.24) is 15.2 Å². The van der Waals surface area contributed by atoms with Crippen molar-refractivity contribution in [2.24, 2.45) is 0 Å². The highest BCUT2D eigenvalue weighted by Gasteiger charge is 2.10. The Bertz CT molecular complexity index is 838. The first kappa shape index (κ1) is 16.6. The Balaban J connectivity index is 1.68. The minimum absolute atomic E-state index is 0.177. The Kier molecular flexibility index (Phi) is 4.98. The van der Waals surface area contributed by atoms with Gasteiger partial charge in [0.15, 0.2) is 5.82 Å². The SMILES string of the molecule is COc1ccc(CNc2nncc(Nc3c(F)cccc3F)n2)cc1. The highest BCUT2D eigenvalue weighted by molar-refractivity contribution is 5.57. The summed E-state index contributed by atoms with van der Waals surface area (Å²) >= 11 is 0. The molecule has 1 aromatic heterocycles. The van der Waals surface area contributed by atoms with E-state index in [1.54, 1.807) is 7.11 Å². The molecule has 0 unspecified atom stereocenters. The summed E-state index contributed by atoms with van der Waals surface area (Å²) in [5.74, 6) is -0.258. The van der Waals surface area contributed by atoms with Crippen molar-refractivity contribution in [3.63, 3.8) is 0 Å². The molecule has 1 heterocycles. The Hall–Kier alpha value is -3.29. The quantitative estimate of drug-likeness (QED) is 0.714. The van der Waals surface area contributed by atoms with Gasteiger partial charge in [0.05, 0.1) is 13.3 Å². The Morgan fingerprint density at radius 3 is 2.44 bits per heavy atom. The second-order valence-electron chi connectivity index (χ2n) is 5.09. The third-order valence-corrected chi connectivity index (χ3v) is 3.38. The normalized spacial score (nSPS) is 10.4. The standard InChI is InChI=1S/C17H15F2N5O/c1-25-12-7-5-11(6-8-12)9-20-17-23-15(10-21-24-17)22-16-13(18)3-2-4-14(16)19/h2-8,10H,9H2,1H3,(H2,20,22,23,24). The predicted octanol–water partition coefficient (Wildman–Crippen LogP) is 3.51. The fraction of sp³-hybridized carbons (Fsp3) is 0.118. The fourth-order valence-corrected chi connectivity index (χ4v) is 2.11. The highest BCUT2D eigenvalue weighted by atomic mass is 19.1. The summed E-state index contributed by atoms with van der Waals surface area (Å²) in [5.41, 5.74) is 0.701. The molecule has 0 atom stereocenters. The third-order valence-electron chi connectivity index (χ3n) is 3.38. The molecule has 0 aliphatic heterocycles. The van der Waals surface area contributed by atoms with Gasteiger partial charge in [-0.2, -0.15) is 10.1 Å². The largest absolute Gasteiger partial charge is 0.497 e. The summed E-state index contributed by atoms with van der Waals surface area (Å²) in [4.78, 5) is 4.15. The fourth-order valence-electron chi connectivity index (χ4n) is 2.11. The van der Waals surface area contributed by atoms with Crippen LogP contribution in [0, 0.1) is 11.6 Å². The van der Waals surface area contributed by atoms with E-state index in [0.717, 1.165) is 23.4 Å². The van der Waals surface area contributed by atoms with Gasteiger partial charge in [-0.15, -0.1) is 5.10 Å². The molecule has 0 amide bonds. The van der Waals surface area contributed by atoms with Gasteiger partial charge in [0.2, 0.25) is 5.95 Å². The number of hydrogen-bond acceptors (Lipinski definition) is 6. The second-order valence-corrected chi connectivity index (χ2v) is 5.09. The van der Waals surface area contributed by atoms with Crippen LogP contribution in [0.3, 0.4) is 0 Å². The summed E-state index contributed by atoms with van der Waals surface area (Å²) < 4.78 is 32.5. The number of nitrogens with one attached hydrogen (secondary N) is 2. The van der Waals surface area contributed by atoms with Gasteiger partial charge < -0.3 is 15.4 Å². The Morgan fingerprint density at radius 2 is 1.76 bits per heavy atom. The van der Waals surface area contributed by atoms with E-state index in [2.05, 4.69) is 25.8 Å². The molecule has 0 saturated heterocycles. The molecular formula is C17H15F2N5O. The zero-order valence-corrected chi connectivity index (χ0v) is 13.3. The van der Waals surface area contributed by atoms with E-state index in [-0.39, 0.29) is 17.5 Å². The van der Waals surface area contributed by atoms with Gasteiger partial charge in [0.25, 0.3) is 0 Å². The van der Waals surface area contributed by atoms with Crippen LogP contribution in [0.15, 0.2) is 48.7 Å². The summed E-state index contributed by atoms with van der Waals surface area (Å²) in [5, 5.41) is 13.2. The number of hydrogen-bond donors (Lipinski definition) is 2. The number of anilines is 3. The smallest absolute Gasteiger partial charge is 0.244 e. The second kappa shape index (κ2) is 7.52. The summed E-state index contributed by atoms with van der Waals surface area (Å²) in [6.45, 7) is 0.461. The molecule has 25 heavy (non-hydrogen) atoms. The maximum absolute atomic E-state index is 13.7. The lowest BCUT2D eigenvalue weighted by Gasteiger charge is -2.09. The van der Waals surface area contributed by atoms with Crippen LogP contribution in [0.25, 0.3) is 0 Å². The van der Waals surface area contributed by atoms with Crippen LogP contribution in [-0.4, -0.2) is 22.3 Å². The minimum Gasteiger partial charge on any atom is -0.497 e. The van der Waals surface area contributed by atoms with Crippen LogP contribution < -0.4 is 15.4 Å². The van der Waals surface area contributed by atoms with Gasteiger partial charge in [0.1, 0.15) is 23.1 Å². The van der Waals surface area contributed by atoms with E-state index in [1.165, 1.54) is 12.3 Å². The summed E-state index contributed by atoms with van der Waals surface area (Å²) in [6.07, 6.45) is 1.28. The molecule has 3 aromatic rings. The topological polar surface area (TPSA) is 72.0 Å².